The molecule has 3 aromatic rings. The number of nitrogens with zero attached hydrogens (tertiary/aromatic N) is 3. The van der Waals surface area contributed by atoms with Gasteiger partial charge in [0.1, 0.15) is 0 Å². The Labute approximate surface area is 131 Å². The van der Waals surface area contributed by atoms with Crippen molar-refractivity contribution in [1.29, 1.82) is 0 Å². The topological polar surface area (TPSA) is 30.7 Å². The summed E-state index contributed by atoms with van der Waals surface area (Å²) in [6, 6.07) is 8.81. The summed E-state index contributed by atoms with van der Waals surface area (Å²) in [5, 5.41) is 5.41. The number of aryl methyl sites for hydroxylation is 2. The number of hydrogen-bond acceptors (Lipinski definition) is 2. The molecule has 0 atom stereocenters. The lowest BCUT2D eigenvalue weighted by Gasteiger charge is -2.07. The summed E-state index contributed by atoms with van der Waals surface area (Å²) in [7, 11) is 0. The number of aromatic nitrogens is 3. The molecule has 6 heteroatoms. The normalized spacial score (nSPS) is 11.5. The Bertz CT molecular complexity index is 843. The summed E-state index contributed by atoms with van der Waals surface area (Å²) < 4.78 is 28.2. The van der Waals surface area contributed by atoms with Crippen LogP contribution < -0.4 is 0 Å². The molecule has 0 fully saturated rings. The highest BCUT2D eigenvalue weighted by Crippen LogP contribution is 2.30. The molecule has 0 aliphatic heterocycles. The molecule has 0 spiro atoms. The van der Waals surface area contributed by atoms with Crippen LogP contribution in [-0.4, -0.2) is 14.8 Å². The van der Waals surface area contributed by atoms with Gasteiger partial charge in [0.05, 0.1) is 17.6 Å². The highest BCUT2D eigenvalue weighted by molar-refractivity contribution is 6.31. The molecule has 0 unspecified atom stereocenters. The Morgan fingerprint density at radius 2 is 1.95 bits per heavy atom. The van der Waals surface area contributed by atoms with Crippen LogP contribution in [0.3, 0.4) is 0 Å². The first-order chi connectivity index (χ1) is 10.5. The van der Waals surface area contributed by atoms with Gasteiger partial charge in [0, 0.05) is 16.3 Å². The summed E-state index contributed by atoms with van der Waals surface area (Å²) in [6.45, 7) is 3.81. The smallest absolute Gasteiger partial charge is 0.242 e. The second-order valence-corrected chi connectivity index (χ2v) is 5.59. The van der Waals surface area contributed by atoms with E-state index in [0.717, 1.165) is 5.56 Å². The minimum atomic E-state index is -2.55. The molecule has 2 aromatic heterocycles. The summed E-state index contributed by atoms with van der Waals surface area (Å²) in [5.41, 5.74) is 2.40. The van der Waals surface area contributed by atoms with Crippen LogP contribution in [0.5, 0.6) is 0 Å². The number of alkyl halides is 2. The van der Waals surface area contributed by atoms with E-state index in [1.54, 1.807) is 24.6 Å². The molecule has 0 saturated carbocycles. The minimum absolute atomic E-state index is 0.0228. The summed E-state index contributed by atoms with van der Waals surface area (Å²) in [6.07, 6.45) is -2.55. The SMILES string of the molecule is Cc1cc(C(F)F)c2c(C)nn(Cc3ccccc3Cl)c2n1. The lowest BCUT2D eigenvalue weighted by molar-refractivity contribution is 0.153. The van der Waals surface area contributed by atoms with E-state index in [2.05, 4.69) is 10.1 Å². The minimum Gasteiger partial charge on any atom is -0.242 e. The largest absolute Gasteiger partial charge is 0.264 e. The molecule has 0 amide bonds. The fraction of sp³-hybridized carbons (Fsp3) is 0.250. The first kappa shape index (κ1) is 14.9. The first-order valence-electron chi connectivity index (χ1n) is 6.83. The predicted octanol–water partition coefficient (Wildman–Crippen LogP) is 4.69. The molecule has 3 nitrogen and oxygen atoms in total. The Hall–Kier alpha value is -2.01. The average Bonchev–Trinajstić information content (AvgIpc) is 2.77. The molecule has 1 aromatic carbocycles. The van der Waals surface area contributed by atoms with Crippen molar-refractivity contribution in [2.24, 2.45) is 0 Å². The van der Waals surface area contributed by atoms with E-state index in [1.165, 1.54) is 6.07 Å². The monoisotopic (exact) mass is 321 g/mol. The van der Waals surface area contributed by atoms with Gasteiger partial charge in [-0.25, -0.2) is 18.4 Å². The van der Waals surface area contributed by atoms with Gasteiger partial charge in [-0.3, -0.25) is 0 Å². The van der Waals surface area contributed by atoms with Crippen molar-refractivity contribution in [3.05, 3.63) is 57.9 Å². The van der Waals surface area contributed by atoms with Gasteiger partial charge < -0.3 is 0 Å². The molecule has 0 aliphatic rings. The van der Waals surface area contributed by atoms with Gasteiger partial charge in [-0.05, 0) is 31.5 Å². The third-order valence-electron chi connectivity index (χ3n) is 3.55. The van der Waals surface area contributed by atoms with Crippen LogP contribution in [0.25, 0.3) is 11.0 Å². The van der Waals surface area contributed by atoms with E-state index in [0.29, 0.717) is 34.0 Å². The molecule has 0 aliphatic carbocycles. The van der Waals surface area contributed by atoms with Gasteiger partial charge in [0.2, 0.25) is 0 Å². The molecule has 0 radical (unpaired) electrons. The second-order valence-electron chi connectivity index (χ2n) is 5.19. The maximum absolute atomic E-state index is 13.3. The van der Waals surface area contributed by atoms with Gasteiger partial charge in [0.25, 0.3) is 6.43 Å². The fourth-order valence-electron chi connectivity index (χ4n) is 2.59. The number of rotatable bonds is 3. The van der Waals surface area contributed by atoms with Crippen molar-refractivity contribution >= 4 is 22.6 Å². The van der Waals surface area contributed by atoms with Crippen molar-refractivity contribution < 1.29 is 8.78 Å². The number of halogens is 3. The maximum atomic E-state index is 13.3. The van der Waals surface area contributed by atoms with Crippen LogP contribution in [0.15, 0.2) is 30.3 Å². The van der Waals surface area contributed by atoms with Crippen molar-refractivity contribution in [3.63, 3.8) is 0 Å². The van der Waals surface area contributed by atoms with Crippen LogP contribution in [0.2, 0.25) is 5.02 Å². The second kappa shape index (κ2) is 5.65. The number of benzene rings is 1. The van der Waals surface area contributed by atoms with Crippen LogP contribution in [-0.2, 0) is 6.54 Å². The Morgan fingerprint density at radius 1 is 1.23 bits per heavy atom. The third-order valence-corrected chi connectivity index (χ3v) is 3.92. The van der Waals surface area contributed by atoms with Gasteiger partial charge in [-0.1, -0.05) is 29.8 Å². The van der Waals surface area contributed by atoms with Gasteiger partial charge in [0.15, 0.2) is 5.65 Å². The van der Waals surface area contributed by atoms with E-state index in [9.17, 15) is 8.78 Å². The molecule has 3 rings (SSSR count). The van der Waals surface area contributed by atoms with Gasteiger partial charge >= 0.3 is 0 Å². The van der Waals surface area contributed by atoms with Crippen LogP contribution in [0.4, 0.5) is 8.78 Å². The van der Waals surface area contributed by atoms with Crippen LogP contribution in [0.1, 0.15) is 28.9 Å². The zero-order valence-electron chi connectivity index (χ0n) is 12.1. The van der Waals surface area contributed by atoms with Crippen molar-refractivity contribution in [3.8, 4) is 0 Å². The number of fused-ring (bicyclic) bond motifs is 1. The lowest BCUT2D eigenvalue weighted by atomic mass is 10.1. The zero-order chi connectivity index (χ0) is 15.9. The van der Waals surface area contributed by atoms with E-state index in [4.69, 9.17) is 11.6 Å². The van der Waals surface area contributed by atoms with Gasteiger partial charge in [-0.2, -0.15) is 5.10 Å². The summed E-state index contributed by atoms with van der Waals surface area (Å²) in [4.78, 5) is 4.39. The van der Waals surface area contributed by atoms with E-state index < -0.39 is 6.43 Å². The van der Waals surface area contributed by atoms with E-state index >= 15 is 0 Å². The Balaban J connectivity index is 2.18. The molecular formula is C16H14ClF2N3. The average molecular weight is 322 g/mol. The fourth-order valence-corrected chi connectivity index (χ4v) is 2.78. The van der Waals surface area contributed by atoms with Crippen molar-refractivity contribution in [2.45, 2.75) is 26.8 Å². The third kappa shape index (κ3) is 2.57. The highest BCUT2D eigenvalue weighted by atomic mass is 35.5. The van der Waals surface area contributed by atoms with Crippen molar-refractivity contribution in [1.82, 2.24) is 14.8 Å². The maximum Gasteiger partial charge on any atom is 0.264 e. The molecule has 0 saturated heterocycles. The zero-order valence-corrected chi connectivity index (χ0v) is 12.9. The number of pyridine rings is 1. The quantitative estimate of drug-likeness (QED) is 0.700. The van der Waals surface area contributed by atoms with Crippen LogP contribution >= 0.6 is 11.6 Å². The molecule has 0 N–H and O–H groups in total. The lowest BCUT2D eigenvalue weighted by Crippen LogP contribution is -2.04. The van der Waals surface area contributed by atoms with Crippen LogP contribution in [0, 0.1) is 13.8 Å². The summed E-state index contributed by atoms with van der Waals surface area (Å²) in [5.74, 6) is 0. The predicted molar refractivity (Wildman–Crippen MR) is 82.5 cm³/mol. The first-order valence-corrected chi connectivity index (χ1v) is 7.21. The number of hydrogen-bond donors (Lipinski definition) is 0. The van der Waals surface area contributed by atoms with E-state index in [1.807, 2.05) is 18.2 Å². The standard InChI is InChI=1S/C16H14ClF2N3/c1-9-7-12(15(18)19)14-10(2)21-22(16(14)20-9)8-11-5-3-4-6-13(11)17/h3-7,15H,8H2,1-2H3. The Morgan fingerprint density at radius 3 is 2.64 bits per heavy atom. The molecule has 0 bridgehead atoms. The molecule has 114 valence electrons. The molecule has 22 heavy (non-hydrogen) atoms. The molecule has 2 heterocycles. The van der Waals surface area contributed by atoms with E-state index in [-0.39, 0.29) is 5.56 Å². The Kier molecular flexibility index (Phi) is 3.83. The van der Waals surface area contributed by atoms with Crippen molar-refractivity contribution in [2.75, 3.05) is 0 Å². The summed E-state index contributed by atoms with van der Waals surface area (Å²) >= 11 is 6.16. The van der Waals surface area contributed by atoms with Gasteiger partial charge in [-0.15, -0.1) is 0 Å². The highest BCUT2D eigenvalue weighted by Gasteiger charge is 2.19. The molecular weight excluding hydrogens is 308 g/mol.